The number of alkyl halides is 2. The normalized spacial score (nSPS) is 22.9. The Morgan fingerprint density at radius 3 is 2.61 bits per heavy atom. The molecule has 0 bridgehead atoms. The van der Waals surface area contributed by atoms with E-state index in [1.54, 1.807) is 0 Å². The lowest BCUT2D eigenvalue weighted by atomic mass is 10.1. The van der Waals surface area contributed by atoms with E-state index in [1.807, 2.05) is 0 Å². The zero-order chi connectivity index (χ0) is 12.8. The average molecular weight is 287 g/mol. The fourth-order valence-electron chi connectivity index (χ4n) is 2.16. The van der Waals surface area contributed by atoms with E-state index in [0.29, 0.717) is 12.8 Å². The Balaban J connectivity index is 0.00000289. The number of methoxy groups -OCH3 is 1. The van der Waals surface area contributed by atoms with Crippen molar-refractivity contribution >= 4 is 18.3 Å². The van der Waals surface area contributed by atoms with Gasteiger partial charge in [-0.2, -0.15) is 0 Å². The molecule has 1 saturated carbocycles. The maximum Gasteiger partial charge on any atom is 0.255 e. The Morgan fingerprint density at radius 1 is 1.50 bits per heavy atom. The van der Waals surface area contributed by atoms with Crippen molar-refractivity contribution in [1.29, 1.82) is 0 Å². The number of hydrogen-bond acceptors (Lipinski definition) is 3. The van der Waals surface area contributed by atoms with E-state index in [2.05, 4.69) is 0 Å². The maximum atomic E-state index is 12.4. The second-order valence-corrected chi connectivity index (χ2v) is 4.44. The van der Waals surface area contributed by atoms with Gasteiger partial charge >= 0.3 is 0 Å². The molecule has 0 saturated heterocycles. The molecule has 108 valence electrons. The summed E-state index contributed by atoms with van der Waals surface area (Å²) in [5, 5.41) is 0. The van der Waals surface area contributed by atoms with Crippen LogP contribution in [0.4, 0.5) is 8.78 Å². The minimum Gasteiger partial charge on any atom is -0.383 e. The van der Waals surface area contributed by atoms with Crippen molar-refractivity contribution in [3.8, 4) is 0 Å². The molecule has 0 aromatic rings. The summed E-state index contributed by atoms with van der Waals surface area (Å²) in [4.78, 5) is 13.2. The Hall–Kier alpha value is -0.460. The van der Waals surface area contributed by atoms with Crippen molar-refractivity contribution in [2.45, 2.75) is 31.7 Å². The van der Waals surface area contributed by atoms with Gasteiger partial charge in [-0.3, -0.25) is 4.79 Å². The summed E-state index contributed by atoms with van der Waals surface area (Å²) in [6.07, 6.45) is -0.410. The number of amides is 1. The van der Waals surface area contributed by atoms with Crippen LogP contribution in [-0.4, -0.2) is 50.1 Å². The van der Waals surface area contributed by atoms with Crippen LogP contribution < -0.4 is 5.73 Å². The first kappa shape index (κ1) is 17.5. The molecule has 0 aromatic heterocycles. The number of rotatable bonds is 6. The SMILES string of the molecule is COCCN(CC(F)F)C(=O)C1CCC(N)C1.Cl. The third-order valence-electron chi connectivity index (χ3n) is 3.06. The van der Waals surface area contributed by atoms with Gasteiger partial charge < -0.3 is 15.4 Å². The standard InChI is InChI=1S/C11H20F2N2O2.ClH/c1-17-5-4-15(7-10(12)13)11(16)8-2-3-9(14)6-8;/h8-10H,2-7,14H2,1H3;1H. The van der Waals surface area contributed by atoms with E-state index in [9.17, 15) is 13.6 Å². The quantitative estimate of drug-likeness (QED) is 0.800. The fourth-order valence-corrected chi connectivity index (χ4v) is 2.16. The summed E-state index contributed by atoms with van der Waals surface area (Å²) in [6.45, 7) is -0.0312. The van der Waals surface area contributed by atoms with E-state index in [1.165, 1.54) is 12.0 Å². The second kappa shape index (κ2) is 8.61. The summed E-state index contributed by atoms with van der Waals surface area (Å²) in [6, 6.07) is 0.0276. The van der Waals surface area contributed by atoms with Crippen molar-refractivity contribution in [2.24, 2.45) is 11.7 Å². The van der Waals surface area contributed by atoms with Crippen molar-refractivity contribution < 1.29 is 18.3 Å². The van der Waals surface area contributed by atoms with Crippen LogP contribution in [0.1, 0.15) is 19.3 Å². The van der Waals surface area contributed by atoms with Gasteiger partial charge in [-0.15, -0.1) is 12.4 Å². The molecule has 1 amide bonds. The third kappa shape index (κ3) is 5.46. The Labute approximate surface area is 112 Å². The number of hydrogen-bond donors (Lipinski definition) is 1. The number of carbonyl (C=O) groups is 1. The monoisotopic (exact) mass is 286 g/mol. The summed E-state index contributed by atoms with van der Waals surface area (Å²) in [7, 11) is 1.48. The lowest BCUT2D eigenvalue weighted by Gasteiger charge is -2.25. The second-order valence-electron chi connectivity index (χ2n) is 4.44. The van der Waals surface area contributed by atoms with Crippen molar-refractivity contribution in [1.82, 2.24) is 4.90 Å². The van der Waals surface area contributed by atoms with Crippen LogP contribution in [0.15, 0.2) is 0 Å². The Kier molecular flexibility index (Phi) is 8.39. The minimum absolute atomic E-state index is 0. The van der Waals surface area contributed by atoms with Crippen LogP contribution in [0.5, 0.6) is 0 Å². The molecule has 1 fully saturated rings. The highest BCUT2D eigenvalue weighted by atomic mass is 35.5. The molecule has 18 heavy (non-hydrogen) atoms. The molecule has 1 rings (SSSR count). The van der Waals surface area contributed by atoms with Gasteiger partial charge in [0.05, 0.1) is 13.2 Å². The molecule has 2 atom stereocenters. The lowest BCUT2D eigenvalue weighted by Crippen LogP contribution is -2.41. The number of halogens is 3. The predicted molar refractivity (Wildman–Crippen MR) is 67.0 cm³/mol. The van der Waals surface area contributed by atoms with Crippen molar-refractivity contribution in [3.63, 3.8) is 0 Å². The first-order chi connectivity index (χ1) is 8.04. The summed E-state index contributed by atoms with van der Waals surface area (Å²) < 4.78 is 29.6. The smallest absolute Gasteiger partial charge is 0.255 e. The average Bonchev–Trinajstić information content (AvgIpc) is 2.69. The molecule has 1 aliphatic carbocycles. The number of nitrogens with zero attached hydrogens (tertiary/aromatic N) is 1. The van der Waals surface area contributed by atoms with Crippen LogP contribution in [0, 0.1) is 5.92 Å². The number of carbonyl (C=O) groups excluding carboxylic acids is 1. The van der Waals surface area contributed by atoms with Crippen LogP contribution in [-0.2, 0) is 9.53 Å². The van der Waals surface area contributed by atoms with Crippen LogP contribution >= 0.6 is 12.4 Å². The number of nitrogens with two attached hydrogens (primary N) is 1. The van der Waals surface area contributed by atoms with Crippen LogP contribution in [0.25, 0.3) is 0 Å². The van der Waals surface area contributed by atoms with E-state index in [-0.39, 0.29) is 43.4 Å². The fraction of sp³-hybridized carbons (Fsp3) is 0.909. The molecule has 4 nitrogen and oxygen atoms in total. The van der Waals surface area contributed by atoms with E-state index in [0.717, 1.165) is 6.42 Å². The van der Waals surface area contributed by atoms with Gasteiger partial charge in [-0.05, 0) is 19.3 Å². The molecule has 0 aliphatic heterocycles. The maximum absolute atomic E-state index is 12.4. The van der Waals surface area contributed by atoms with Gasteiger partial charge in [0.1, 0.15) is 0 Å². The molecule has 0 spiro atoms. The zero-order valence-electron chi connectivity index (χ0n) is 10.5. The third-order valence-corrected chi connectivity index (χ3v) is 3.06. The molecule has 7 heteroatoms. The highest BCUT2D eigenvalue weighted by Gasteiger charge is 2.31. The summed E-state index contributed by atoms with van der Waals surface area (Å²) >= 11 is 0. The van der Waals surface area contributed by atoms with Crippen molar-refractivity contribution in [3.05, 3.63) is 0 Å². The number of ether oxygens (including phenoxy) is 1. The predicted octanol–water partition coefficient (Wildman–Crippen LogP) is 1.28. The zero-order valence-corrected chi connectivity index (χ0v) is 11.3. The van der Waals surface area contributed by atoms with Gasteiger partial charge in [0.2, 0.25) is 5.91 Å². The van der Waals surface area contributed by atoms with E-state index in [4.69, 9.17) is 10.5 Å². The molecular formula is C11H21ClF2N2O2. The minimum atomic E-state index is -2.51. The molecular weight excluding hydrogens is 266 g/mol. The highest BCUT2D eigenvalue weighted by molar-refractivity contribution is 5.85. The summed E-state index contributed by atoms with van der Waals surface area (Å²) in [5.41, 5.74) is 5.72. The van der Waals surface area contributed by atoms with Gasteiger partial charge in [0.25, 0.3) is 6.43 Å². The van der Waals surface area contributed by atoms with Gasteiger partial charge in [-0.25, -0.2) is 8.78 Å². The molecule has 1 aliphatic rings. The van der Waals surface area contributed by atoms with Gasteiger partial charge in [0.15, 0.2) is 0 Å². The first-order valence-electron chi connectivity index (χ1n) is 5.86. The lowest BCUT2D eigenvalue weighted by molar-refractivity contribution is -0.138. The van der Waals surface area contributed by atoms with E-state index < -0.39 is 13.0 Å². The molecule has 0 radical (unpaired) electrons. The van der Waals surface area contributed by atoms with Crippen molar-refractivity contribution in [2.75, 3.05) is 26.8 Å². The Bertz CT molecular complexity index is 257. The molecule has 2 N–H and O–H groups in total. The molecule has 2 unspecified atom stereocenters. The van der Waals surface area contributed by atoms with Gasteiger partial charge in [-0.1, -0.05) is 0 Å². The van der Waals surface area contributed by atoms with Crippen LogP contribution in [0.2, 0.25) is 0 Å². The van der Waals surface area contributed by atoms with Crippen LogP contribution in [0.3, 0.4) is 0 Å². The Morgan fingerprint density at radius 2 is 2.17 bits per heavy atom. The molecule has 0 heterocycles. The largest absolute Gasteiger partial charge is 0.383 e. The van der Waals surface area contributed by atoms with E-state index >= 15 is 0 Å². The molecule has 0 aromatic carbocycles. The van der Waals surface area contributed by atoms with Gasteiger partial charge in [0, 0.05) is 25.6 Å². The first-order valence-corrected chi connectivity index (χ1v) is 5.86. The topological polar surface area (TPSA) is 55.6 Å². The summed E-state index contributed by atoms with van der Waals surface area (Å²) in [5.74, 6) is -0.407. The highest BCUT2D eigenvalue weighted by Crippen LogP contribution is 2.26.